The minimum atomic E-state index is -1.87. The molecule has 0 spiro atoms. The molecule has 1 aromatic rings. The highest BCUT2D eigenvalue weighted by atomic mass is 32.2. The number of hydrogen-bond donors (Lipinski definition) is 7. The van der Waals surface area contributed by atoms with Crippen LogP contribution in [0.3, 0.4) is 0 Å². The van der Waals surface area contributed by atoms with Crippen LogP contribution in [0.4, 0.5) is 5.13 Å². The number of likely N-dealkylation sites (N-methyl/N-ethyl adjacent to an activating group) is 1. The third-order valence-electron chi connectivity index (χ3n) is 6.09. The third-order valence-corrected chi connectivity index (χ3v) is 8.12. The second kappa shape index (κ2) is 13.0. The number of allylic oxidation sites excluding steroid dienone is 1. The van der Waals surface area contributed by atoms with Crippen molar-refractivity contribution in [2.75, 3.05) is 31.7 Å². The van der Waals surface area contributed by atoms with Crippen LogP contribution in [-0.4, -0.2) is 125 Å². The number of hydrogen-bond acceptors (Lipinski definition) is 16. The minimum Gasteiger partial charge on any atom is -0.410 e. The van der Waals surface area contributed by atoms with Crippen molar-refractivity contribution in [3.05, 3.63) is 35.0 Å². The number of nitrogens with zero attached hydrogens (tertiary/aromatic N) is 4. The van der Waals surface area contributed by atoms with Gasteiger partial charge in [0.05, 0.1) is 30.5 Å². The van der Waals surface area contributed by atoms with E-state index in [2.05, 4.69) is 16.7 Å². The molecule has 0 radical (unpaired) electrons. The summed E-state index contributed by atoms with van der Waals surface area (Å²) < 4.78 is 0. The Bertz CT molecular complexity index is 1170. The molecule has 1 saturated heterocycles. The Morgan fingerprint density at radius 3 is 2.56 bits per heavy atom. The van der Waals surface area contributed by atoms with Gasteiger partial charge in [-0.25, -0.2) is 9.78 Å². The Hall–Kier alpha value is -2.90. The first-order chi connectivity index (χ1) is 18.4. The van der Waals surface area contributed by atoms with E-state index >= 15 is 0 Å². The molecule has 1 aromatic heterocycles. The number of thiazole rings is 1. The molecule has 0 bridgehead atoms. The molecule has 17 heteroatoms. The van der Waals surface area contributed by atoms with Crippen LogP contribution >= 0.6 is 23.1 Å². The fourth-order valence-electron chi connectivity index (χ4n) is 4.02. The maximum Gasteiger partial charge on any atom is 0.374 e. The predicted octanol–water partition coefficient (Wildman–Crippen LogP) is -2.34. The molecule has 0 aliphatic carbocycles. The summed E-state index contributed by atoms with van der Waals surface area (Å²) >= 11 is 2.35. The van der Waals surface area contributed by atoms with E-state index in [1.807, 2.05) is 0 Å². The van der Waals surface area contributed by atoms with Crippen molar-refractivity contribution in [2.24, 2.45) is 11.1 Å². The molecule has 3 rings (SSSR count). The molecule has 2 aliphatic heterocycles. The molecule has 3 heterocycles. The number of carbonyl (C=O) groups is 3. The lowest BCUT2D eigenvalue weighted by molar-refractivity contribution is -0.195. The maximum absolute atomic E-state index is 13.1. The van der Waals surface area contributed by atoms with Crippen LogP contribution in [0.25, 0.3) is 0 Å². The van der Waals surface area contributed by atoms with Crippen LogP contribution in [0.1, 0.15) is 12.1 Å². The van der Waals surface area contributed by atoms with Crippen molar-refractivity contribution in [3.8, 4) is 0 Å². The number of amides is 1. The summed E-state index contributed by atoms with van der Waals surface area (Å²) in [6.45, 7) is 2.32. The van der Waals surface area contributed by atoms with Crippen LogP contribution in [0.2, 0.25) is 0 Å². The number of nitrogens with two attached hydrogens (primary N) is 1. The summed E-state index contributed by atoms with van der Waals surface area (Å²) in [6, 6.07) is 0. The van der Waals surface area contributed by atoms with Gasteiger partial charge in [0.25, 0.3) is 0 Å². The lowest BCUT2D eigenvalue weighted by Gasteiger charge is -2.49. The molecule has 39 heavy (non-hydrogen) atoms. The van der Waals surface area contributed by atoms with Gasteiger partial charge in [-0.2, -0.15) is 0 Å². The quantitative estimate of drug-likeness (QED) is 0.0554. The predicted molar refractivity (Wildman–Crippen MR) is 138 cm³/mol. The summed E-state index contributed by atoms with van der Waals surface area (Å²) in [4.78, 5) is 49.2. The lowest BCUT2D eigenvalue weighted by Crippen LogP contribution is -2.62. The first kappa shape index (κ1) is 30.6. The Labute approximate surface area is 230 Å². The molecule has 6 atom stereocenters. The van der Waals surface area contributed by atoms with E-state index in [4.69, 9.17) is 15.7 Å². The van der Waals surface area contributed by atoms with Gasteiger partial charge in [0.1, 0.15) is 29.7 Å². The van der Waals surface area contributed by atoms with E-state index < -0.39 is 66.5 Å². The summed E-state index contributed by atoms with van der Waals surface area (Å²) in [6.07, 6.45) is -6.02. The summed E-state index contributed by atoms with van der Waals surface area (Å²) in [7, 11) is 1.26. The Morgan fingerprint density at radius 1 is 1.33 bits per heavy atom. The number of carbonyl (C=O) groups excluding carboxylic acids is 3. The van der Waals surface area contributed by atoms with Gasteiger partial charge in [-0.05, 0) is 5.57 Å². The minimum absolute atomic E-state index is 0.0803. The Balaban J connectivity index is 1.67. The Morgan fingerprint density at radius 2 is 2.00 bits per heavy atom. The normalized spacial score (nSPS) is 22.6. The van der Waals surface area contributed by atoms with Crippen LogP contribution in [0.5, 0.6) is 0 Å². The Kier molecular flexibility index (Phi) is 10.2. The van der Waals surface area contributed by atoms with Gasteiger partial charge in [0, 0.05) is 24.6 Å². The molecule has 15 nitrogen and oxygen atoms in total. The van der Waals surface area contributed by atoms with Gasteiger partial charge in [0.2, 0.25) is 5.91 Å². The molecule has 0 saturated carbocycles. The average molecular weight is 588 g/mol. The molecule has 214 valence electrons. The number of thioether (sulfide) groups is 1. The van der Waals surface area contributed by atoms with Crippen molar-refractivity contribution in [3.63, 3.8) is 0 Å². The number of aliphatic hydroxyl groups excluding tert-OH is 5. The van der Waals surface area contributed by atoms with E-state index in [1.165, 1.54) is 35.2 Å². The zero-order valence-electron chi connectivity index (χ0n) is 20.7. The molecule has 1 amide bonds. The highest BCUT2D eigenvalue weighted by Crippen LogP contribution is 2.45. The lowest BCUT2D eigenvalue weighted by atomic mass is 9.89. The molecular formula is C22H29N5O10S2. The van der Waals surface area contributed by atoms with E-state index in [9.17, 15) is 40.0 Å². The van der Waals surface area contributed by atoms with Crippen molar-refractivity contribution in [2.45, 2.75) is 36.2 Å². The van der Waals surface area contributed by atoms with Crippen molar-refractivity contribution in [1.29, 1.82) is 0 Å². The number of anilines is 1. The first-order valence-corrected chi connectivity index (χ1v) is 13.4. The van der Waals surface area contributed by atoms with Gasteiger partial charge < -0.3 is 41.3 Å². The number of nitrogen functional groups attached to an aromatic ring is 1. The van der Waals surface area contributed by atoms with Gasteiger partial charge in [-0.15, -0.1) is 28.2 Å². The van der Waals surface area contributed by atoms with Crippen LogP contribution in [0.15, 0.2) is 34.5 Å². The highest BCUT2D eigenvalue weighted by Gasteiger charge is 2.54. The topological polar surface area (TPSA) is 240 Å². The zero-order valence-corrected chi connectivity index (χ0v) is 22.3. The summed E-state index contributed by atoms with van der Waals surface area (Å²) in [5.41, 5.74) is 5.60. The number of Topliss-reactive ketones (excluding diaryl/α,β-unsaturated/α-hetero) is 1. The van der Waals surface area contributed by atoms with Gasteiger partial charge in [-0.1, -0.05) is 17.8 Å². The fraction of sp³-hybridized carbons (Fsp3) is 0.500. The van der Waals surface area contributed by atoms with E-state index in [0.29, 0.717) is 5.57 Å². The maximum atomic E-state index is 13.1. The first-order valence-electron chi connectivity index (χ1n) is 11.5. The highest BCUT2D eigenvalue weighted by molar-refractivity contribution is 8.00. The molecule has 0 aromatic carbocycles. The van der Waals surface area contributed by atoms with E-state index in [1.54, 1.807) is 0 Å². The number of β-lactam (4-membered cyclic amide) rings is 1. The number of aromatic nitrogens is 1. The van der Waals surface area contributed by atoms with Crippen molar-refractivity contribution in [1.82, 2.24) is 14.9 Å². The SMILES string of the molecule is C=CC1=C(C(=O)ON(C)C[C@H](O)[C@@H](O)[C@H](O)[C@H](O)CO)N2C(=O)C(CC(=O)/C(=N\O)c3csc(N)n3)C2SC1. The number of fused-ring (bicyclic) bond motifs is 1. The second-order valence-corrected chi connectivity index (χ2v) is 10.7. The molecule has 1 fully saturated rings. The van der Waals surface area contributed by atoms with Gasteiger partial charge >= 0.3 is 5.97 Å². The number of hydroxylamine groups is 2. The van der Waals surface area contributed by atoms with Gasteiger partial charge in [0.15, 0.2) is 16.6 Å². The molecule has 2 unspecified atom stereocenters. The summed E-state index contributed by atoms with van der Waals surface area (Å²) in [5.74, 6) is -2.69. The van der Waals surface area contributed by atoms with Crippen LogP contribution in [0, 0.1) is 5.92 Å². The average Bonchev–Trinajstić information content (AvgIpc) is 3.34. The number of rotatable bonds is 13. The molecule has 8 N–H and O–H groups in total. The fourth-order valence-corrected chi connectivity index (χ4v) is 5.98. The standard InChI is InChI=1S/C22H29N5O10S2/c1-3-9-7-38-20-10(4-12(29)15(25-36)11-8-39-22(23)24-11)19(34)27(20)16(9)21(35)37-26(2)5-13(30)17(32)18(33)14(31)6-28/h3,8,10,13-14,17-18,20,28,30-33,36H,1,4-7H2,2H3,(H2,23,24)/b25-15-/t10?,13-,14+,17+,18+,20?/m0/s1. The largest absolute Gasteiger partial charge is 0.410 e. The number of aliphatic hydroxyl groups is 5. The number of oxime groups is 1. The monoisotopic (exact) mass is 587 g/mol. The van der Waals surface area contributed by atoms with Gasteiger partial charge in [-0.3, -0.25) is 14.5 Å². The zero-order chi connectivity index (χ0) is 29.0. The third kappa shape index (κ3) is 6.47. The summed E-state index contributed by atoms with van der Waals surface area (Å²) in [5, 5.41) is 62.4. The number of ketones is 1. The van der Waals surface area contributed by atoms with E-state index in [-0.39, 0.29) is 34.4 Å². The second-order valence-electron chi connectivity index (χ2n) is 8.73. The van der Waals surface area contributed by atoms with E-state index in [0.717, 1.165) is 16.4 Å². The molecule has 2 aliphatic rings. The smallest absolute Gasteiger partial charge is 0.374 e. The van der Waals surface area contributed by atoms with Crippen LogP contribution in [-0.2, 0) is 19.2 Å². The van der Waals surface area contributed by atoms with Crippen molar-refractivity contribution >= 4 is 51.6 Å². The van der Waals surface area contributed by atoms with Crippen molar-refractivity contribution < 1.29 is 50.0 Å². The van der Waals surface area contributed by atoms with Crippen LogP contribution < -0.4 is 5.73 Å². The molecular weight excluding hydrogens is 558 g/mol.